The lowest BCUT2D eigenvalue weighted by molar-refractivity contribution is 0.235. The Morgan fingerprint density at radius 1 is 1.30 bits per heavy atom. The molecule has 0 spiro atoms. The van der Waals surface area contributed by atoms with E-state index in [2.05, 4.69) is 50.8 Å². The van der Waals surface area contributed by atoms with Gasteiger partial charge in [0.05, 0.1) is 22.3 Å². The summed E-state index contributed by atoms with van der Waals surface area (Å²) in [4.78, 5) is 3.37. The molecule has 138 valence electrons. The summed E-state index contributed by atoms with van der Waals surface area (Å²) >= 11 is 1.55. The number of nitrogens with zero attached hydrogens (tertiary/aromatic N) is 4. The molecule has 1 fully saturated rings. The number of nitrogens with one attached hydrogen (secondary N) is 2. The van der Waals surface area contributed by atoms with Gasteiger partial charge in [-0.3, -0.25) is 10.1 Å². The van der Waals surface area contributed by atoms with Gasteiger partial charge in [0.15, 0.2) is 0 Å². The Bertz CT molecular complexity index is 917. The van der Waals surface area contributed by atoms with E-state index in [1.54, 1.807) is 11.3 Å². The van der Waals surface area contributed by atoms with E-state index in [9.17, 15) is 0 Å². The number of aromatic nitrogens is 2. The lowest BCUT2D eigenvalue weighted by Crippen LogP contribution is -2.47. The Morgan fingerprint density at radius 3 is 2.78 bits per heavy atom. The van der Waals surface area contributed by atoms with Gasteiger partial charge >= 0.3 is 0 Å². The topological polar surface area (TPSA) is 71.0 Å². The maximum Gasteiger partial charge on any atom is 0.104 e. The number of benzene rings is 1. The number of anilines is 2. The number of hydrogen-bond acceptors (Lipinski definition) is 6. The zero-order chi connectivity index (χ0) is 18.6. The van der Waals surface area contributed by atoms with Gasteiger partial charge in [-0.2, -0.15) is 10.4 Å². The molecule has 0 unspecified atom stereocenters. The Balaban J connectivity index is 1.67. The van der Waals surface area contributed by atoms with Crippen molar-refractivity contribution in [3.63, 3.8) is 0 Å². The third-order valence-electron chi connectivity index (χ3n) is 4.88. The molecule has 4 rings (SSSR count). The summed E-state index contributed by atoms with van der Waals surface area (Å²) in [5, 5.41) is 20.6. The molecular weight excluding hydrogens is 356 g/mol. The smallest absolute Gasteiger partial charge is 0.104 e. The fourth-order valence-corrected chi connectivity index (χ4v) is 4.17. The maximum absolute atomic E-state index is 9.15. The van der Waals surface area contributed by atoms with Crippen LogP contribution in [-0.2, 0) is 0 Å². The first-order chi connectivity index (χ1) is 13.2. The number of hydrogen-bond donors (Lipinski definition) is 2. The SMILES string of the molecule is CN1CCC(NN(c2ccccc2)c2cn[nH]c2-c2cc(C#N)cs2)CC1. The van der Waals surface area contributed by atoms with E-state index in [0.29, 0.717) is 11.6 Å². The van der Waals surface area contributed by atoms with Crippen molar-refractivity contribution in [1.29, 1.82) is 5.26 Å². The van der Waals surface area contributed by atoms with E-state index in [1.807, 2.05) is 35.8 Å². The van der Waals surface area contributed by atoms with Crippen molar-refractivity contribution in [1.82, 2.24) is 20.5 Å². The zero-order valence-corrected chi connectivity index (χ0v) is 16.0. The van der Waals surface area contributed by atoms with Gasteiger partial charge in [0.1, 0.15) is 17.5 Å². The average Bonchev–Trinajstić information content (AvgIpc) is 3.37. The largest absolute Gasteiger partial charge is 0.306 e. The molecule has 6 nitrogen and oxygen atoms in total. The molecule has 0 saturated carbocycles. The molecule has 27 heavy (non-hydrogen) atoms. The maximum atomic E-state index is 9.15. The van der Waals surface area contributed by atoms with Gasteiger partial charge in [0.25, 0.3) is 0 Å². The highest BCUT2D eigenvalue weighted by Crippen LogP contribution is 2.36. The molecule has 0 amide bonds. The van der Waals surface area contributed by atoms with Crippen molar-refractivity contribution in [3.05, 3.63) is 53.5 Å². The molecule has 0 radical (unpaired) electrons. The summed E-state index contributed by atoms with van der Waals surface area (Å²) in [7, 11) is 2.17. The molecule has 3 heterocycles. The minimum atomic E-state index is 0.405. The quantitative estimate of drug-likeness (QED) is 0.662. The third-order valence-corrected chi connectivity index (χ3v) is 5.83. The van der Waals surface area contributed by atoms with Crippen molar-refractivity contribution in [2.45, 2.75) is 18.9 Å². The summed E-state index contributed by atoms with van der Waals surface area (Å²) in [6.45, 7) is 2.18. The number of rotatable bonds is 5. The van der Waals surface area contributed by atoms with Crippen LogP contribution >= 0.6 is 11.3 Å². The summed E-state index contributed by atoms with van der Waals surface area (Å²) in [5.74, 6) is 0. The summed E-state index contributed by atoms with van der Waals surface area (Å²) in [5.41, 5.74) is 7.34. The van der Waals surface area contributed by atoms with Gasteiger partial charge in [0, 0.05) is 11.4 Å². The minimum absolute atomic E-state index is 0.405. The monoisotopic (exact) mass is 378 g/mol. The Kier molecular flexibility index (Phi) is 5.21. The Morgan fingerprint density at radius 2 is 2.07 bits per heavy atom. The van der Waals surface area contributed by atoms with Crippen molar-refractivity contribution in [3.8, 4) is 16.6 Å². The van der Waals surface area contributed by atoms with Gasteiger partial charge < -0.3 is 4.90 Å². The van der Waals surface area contributed by atoms with Crippen LogP contribution < -0.4 is 10.4 Å². The molecule has 7 heteroatoms. The number of nitriles is 1. The summed E-state index contributed by atoms with van der Waals surface area (Å²) in [6, 6.07) is 14.8. The van der Waals surface area contributed by atoms with E-state index in [4.69, 9.17) is 5.26 Å². The number of thiophene rings is 1. The highest BCUT2D eigenvalue weighted by atomic mass is 32.1. The third kappa shape index (κ3) is 3.88. The first-order valence-corrected chi connectivity index (χ1v) is 9.95. The second kappa shape index (κ2) is 7.92. The van der Waals surface area contributed by atoms with Crippen LogP contribution in [0.1, 0.15) is 18.4 Å². The first kappa shape index (κ1) is 17.7. The second-order valence-electron chi connectivity index (χ2n) is 6.82. The van der Waals surface area contributed by atoms with E-state index >= 15 is 0 Å². The second-order valence-corrected chi connectivity index (χ2v) is 7.73. The fraction of sp³-hybridized carbons (Fsp3) is 0.300. The van der Waals surface area contributed by atoms with Crippen LogP contribution in [0.5, 0.6) is 0 Å². The molecule has 2 N–H and O–H groups in total. The fourth-order valence-electron chi connectivity index (χ4n) is 3.34. The van der Waals surface area contributed by atoms with Crippen LogP contribution in [0.2, 0.25) is 0 Å². The highest BCUT2D eigenvalue weighted by molar-refractivity contribution is 7.13. The van der Waals surface area contributed by atoms with Crippen molar-refractivity contribution >= 4 is 22.7 Å². The van der Waals surface area contributed by atoms with E-state index < -0.39 is 0 Å². The van der Waals surface area contributed by atoms with Gasteiger partial charge in [0.2, 0.25) is 0 Å². The van der Waals surface area contributed by atoms with Crippen LogP contribution in [0.3, 0.4) is 0 Å². The lowest BCUT2D eigenvalue weighted by atomic mass is 10.1. The van der Waals surface area contributed by atoms with Gasteiger partial charge in [-0.1, -0.05) is 18.2 Å². The van der Waals surface area contributed by atoms with Crippen LogP contribution in [0.4, 0.5) is 11.4 Å². The summed E-state index contributed by atoms with van der Waals surface area (Å²) < 4.78 is 0. The molecule has 0 aliphatic carbocycles. The molecule has 0 atom stereocenters. The van der Waals surface area contributed by atoms with E-state index in [0.717, 1.165) is 47.9 Å². The Labute approximate surface area is 163 Å². The molecule has 3 aromatic rings. The normalized spacial score (nSPS) is 15.6. The standard InChI is InChI=1S/C20H22N6S/c1-25-9-7-16(8-10-25)24-26(17-5-3-2-4-6-17)18-13-22-23-20(18)19-11-15(12-21)14-27-19/h2-6,11,13-14,16,24H,7-10H2,1H3,(H,22,23). The van der Waals surface area contributed by atoms with E-state index in [-0.39, 0.29) is 0 Å². The predicted molar refractivity (Wildman–Crippen MR) is 109 cm³/mol. The molecule has 1 aliphatic heterocycles. The van der Waals surface area contributed by atoms with E-state index in [1.165, 1.54) is 0 Å². The number of likely N-dealkylation sites (tertiary alicyclic amines) is 1. The molecule has 1 aliphatic rings. The first-order valence-electron chi connectivity index (χ1n) is 9.07. The summed E-state index contributed by atoms with van der Waals surface area (Å²) in [6.07, 6.45) is 4.05. The van der Waals surface area contributed by atoms with Crippen molar-refractivity contribution < 1.29 is 0 Å². The highest BCUT2D eigenvalue weighted by Gasteiger charge is 2.23. The number of hydrazine groups is 1. The lowest BCUT2D eigenvalue weighted by Gasteiger charge is -2.35. The van der Waals surface area contributed by atoms with Gasteiger partial charge in [-0.25, -0.2) is 5.43 Å². The zero-order valence-electron chi connectivity index (χ0n) is 15.2. The van der Waals surface area contributed by atoms with Crippen molar-refractivity contribution in [2.75, 3.05) is 25.1 Å². The molecule has 0 bridgehead atoms. The van der Waals surface area contributed by atoms with Crippen LogP contribution in [0.15, 0.2) is 48.0 Å². The number of piperidine rings is 1. The average molecular weight is 379 g/mol. The van der Waals surface area contributed by atoms with Crippen LogP contribution in [-0.4, -0.2) is 41.3 Å². The molecule has 1 saturated heterocycles. The number of H-pyrrole nitrogens is 1. The van der Waals surface area contributed by atoms with Crippen molar-refractivity contribution in [2.24, 2.45) is 0 Å². The molecule has 1 aromatic carbocycles. The predicted octanol–water partition coefficient (Wildman–Crippen LogP) is 3.75. The number of para-hydroxylation sites is 1. The van der Waals surface area contributed by atoms with Crippen LogP contribution in [0, 0.1) is 11.3 Å². The molecule has 2 aromatic heterocycles. The minimum Gasteiger partial charge on any atom is -0.306 e. The Hall–Kier alpha value is -2.66. The van der Waals surface area contributed by atoms with Crippen LogP contribution in [0.25, 0.3) is 10.6 Å². The van der Waals surface area contributed by atoms with Gasteiger partial charge in [-0.15, -0.1) is 11.3 Å². The molecular formula is C20H22N6S. The number of aromatic amines is 1. The van der Waals surface area contributed by atoms with Gasteiger partial charge in [-0.05, 0) is 51.2 Å².